The molecule has 0 saturated carbocycles. The highest BCUT2D eigenvalue weighted by Crippen LogP contribution is 2.23. The van der Waals surface area contributed by atoms with Gasteiger partial charge in [-0.3, -0.25) is 4.68 Å². The molecule has 3 nitrogen and oxygen atoms in total. The molecule has 0 spiro atoms. The number of hydrogen-bond acceptors (Lipinski definition) is 2. The molecule has 0 aliphatic carbocycles. The fourth-order valence-electron chi connectivity index (χ4n) is 1.80. The zero-order chi connectivity index (χ0) is 11.5. The van der Waals surface area contributed by atoms with Crippen molar-refractivity contribution in [3.05, 3.63) is 52.3 Å². The van der Waals surface area contributed by atoms with Crippen LogP contribution in [0, 0.1) is 0 Å². The van der Waals surface area contributed by atoms with Gasteiger partial charge in [0.25, 0.3) is 0 Å². The highest BCUT2D eigenvalue weighted by atomic mass is 79.9. The predicted octanol–water partition coefficient (Wildman–Crippen LogP) is 2.49. The maximum absolute atomic E-state index is 4.20. The Balaban J connectivity index is 2.36. The summed E-state index contributed by atoms with van der Waals surface area (Å²) >= 11 is 3.49. The van der Waals surface area contributed by atoms with Crippen LogP contribution in [0.2, 0.25) is 0 Å². The van der Waals surface area contributed by atoms with Gasteiger partial charge in [0.15, 0.2) is 0 Å². The van der Waals surface area contributed by atoms with Crippen molar-refractivity contribution in [2.24, 2.45) is 7.05 Å². The summed E-state index contributed by atoms with van der Waals surface area (Å²) in [6, 6.07) is 8.48. The van der Waals surface area contributed by atoms with Gasteiger partial charge < -0.3 is 5.32 Å². The fraction of sp³-hybridized carbons (Fsp3) is 0.250. The molecular weight excluding hydrogens is 266 g/mol. The highest BCUT2D eigenvalue weighted by molar-refractivity contribution is 9.10. The van der Waals surface area contributed by atoms with Crippen LogP contribution in [0.1, 0.15) is 17.2 Å². The summed E-state index contributed by atoms with van der Waals surface area (Å²) in [4.78, 5) is 0. The normalized spacial score (nSPS) is 12.7. The van der Waals surface area contributed by atoms with Gasteiger partial charge in [0.2, 0.25) is 0 Å². The summed E-state index contributed by atoms with van der Waals surface area (Å²) < 4.78 is 2.91. The van der Waals surface area contributed by atoms with Crippen molar-refractivity contribution in [2.75, 3.05) is 7.05 Å². The van der Waals surface area contributed by atoms with Gasteiger partial charge in [-0.1, -0.05) is 28.1 Å². The van der Waals surface area contributed by atoms with E-state index in [1.54, 1.807) is 0 Å². The van der Waals surface area contributed by atoms with Crippen LogP contribution >= 0.6 is 15.9 Å². The van der Waals surface area contributed by atoms with Gasteiger partial charge in [-0.15, -0.1) is 0 Å². The van der Waals surface area contributed by atoms with Gasteiger partial charge in [0, 0.05) is 23.3 Å². The van der Waals surface area contributed by atoms with Crippen LogP contribution < -0.4 is 5.32 Å². The molecule has 0 aliphatic rings. The standard InChI is InChI=1S/C12H14BrN3/c1-14-12(10-7-15-16(2)8-10)9-4-3-5-11(13)6-9/h3-8,12,14H,1-2H3. The molecule has 0 saturated heterocycles. The van der Waals surface area contributed by atoms with Crippen molar-refractivity contribution in [3.8, 4) is 0 Å². The average Bonchev–Trinajstić information content (AvgIpc) is 2.66. The van der Waals surface area contributed by atoms with Crippen LogP contribution in [-0.2, 0) is 7.05 Å². The number of hydrogen-bond donors (Lipinski definition) is 1. The number of nitrogens with one attached hydrogen (secondary N) is 1. The zero-order valence-electron chi connectivity index (χ0n) is 9.31. The van der Waals surface area contributed by atoms with Crippen LogP contribution in [-0.4, -0.2) is 16.8 Å². The molecule has 0 aliphatic heterocycles. The van der Waals surface area contributed by atoms with E-state index in [1.165, 1.54) is 11.1 Å². The Morgan fingerprint density at radius 2 is 2.19 bits per heavy atom. The molecule has 2 rings (SSSR count). The van der Waals surface area contributed by atoms with E-state index >= 15 is 0 Å². The quantitative estimate of drug-likeness (QED) is 0.936. The molecule has 16 heavy (non-hydrogen) atoms. The second-order valence-corrected chi connectivity index (χ2v) is 4.64. The molecule has 0 radical (unpaired) electrons. The third kappa shape index (κ3) is 2.33. The SMILES string of the molecule is CNC(c1cccc(Br)c1)c1cnn(C)c1. The molecule has 0 bridgehead atoms. The van der Waals surface area contributed by atoms with Gasteiger partial charge in [-0.05, 0) is 24.7 Å². The van der Waals surface area contributed by atoms with Crippen LogP contribution in [0.15, 0.2) is 41.1 Å². The molecule has 1 unspecified atom stereocenters. The molecule has 1 heterocycles. The number of benzene rings is 1. The number of aryl methyl sites for hydroxylation is 1. The van der Waals surface area contributed by atoms with Crippen LogP contribution in [0.25, 0.3) is 0 Å². The lowest BCUT2D eigenvalue weighted by Crippen LogP contribution is -2.17. The molecule has 0 amide bonds. The summed E-state index contributed by atoms with van der Waals surface area (Å²) in [6.45, 7) is 0. The molecule has 4 heteroatoms. The van der Waals surface area contributed by atoms with Crippen molar-refractivity contribution in [2.45, 2.75) is 6.04 Å². The average molecular weight is 280 g/mol. The Labute approximate surface area is 104 Å². The molecular formula is C12H14BrN3. The van der Waals surface area contributed by atoms with Crippen molar-refractivity contribution >= 4 is 15.9 Å². The molecule has 0 fully saturated rings. The molecule has 1 aromatic carbocycles. The highest BCUT2D eigenvalue weighted by Gasteiger charge is 2.13. The summed E-state index contributed by atoms with van der Waals surface area (Å²) in [5.74, 6) is 0. The van der Waals surface area contributed by atoms with E-state index < -0.39 is 0 Å². The molecule has 2 aromatic rings. The smallest absolute Gasteiger partial charge is 0.0605 e. The lowest BCUT2D eigenvalue weighted by Gasteiger charge is -2.15. The van der Waals surface area contributed by atoms with Crippen molar-refractivity contribution in [1.29, 1.82) is 0 Å². The Hall–Kier alpha value is -1.13. The van der Waals surface area contributed by atoms with Gasteiger partial charge in [-0.2, -0.15) is 5.10 Å². The Kier molecular flexibility index (Phi) is 3.41. The van der Waals surface area contributed by atoms with Crippen LogP contribution in [0.4, 0.5) is 0 Å². The van der Waals surface area contributed by atoms with E-state index in [0.29, 0.717) is 0 Å². The molecule has 1 atom stereocenters. The van der Waals surface area contributed by atoms with E-state index in [0.717, 1.165) is 4.47 Å². The fourth-order valence-corrected chi connectivity index (χ4v) is 2.22. The number of rotatable bonds is 3. The maximum Gasteiger partial charge on any atom is 0.0605 e. The van der Waals surface area contributed by atoms with E-state index in [1.807, 2.05) is 43.3 Å². The van der Waals surface area contributed by atoms with E-state index in [9.17, 15) is 0 Å². The number of aromatic nitrogens is 2. The lowest BCUT2D eigenvalue weighted by atomic mass is 10.0. The summed E-state index contributed by atoms with van der Waals surface area (Å²) in [6.07, 6.45) is 3.92. The van der Waals surface area contributed by atoms with Crippen molar-refractivity contribution < 1.29 is 0 Å². The van der Waals surface area contributed by atoms with Crippen LogP contribution in [0.5, 0.6) is 0 Å². The summed E-state index contributed by atoms with van der Waals surface area (Å²) in [5.41, 5.74) is 2.40. The Morgan fingerprint density at radius 3 is 2.75 bits per heavy atom. The van der Waals surface area contributed by atoms with Crippen molar-refractivity contribution in [3.63, 3.8) is 0 Å². The topological polar surface area (TPSA) is 29.9 Å². The first kappa shape index (κ1) is 11.4. The molecule has 1 N–H and O–H groups in total. The van der Waals surface area contributed by atoms with Crippen LogP contribution in [0.3, 0.4) is 0 Å². The van der Waals surface area contributed by atoms with Crippen molar-refractivity contribution in [1.82, 2.24) is 15.1 Å². The van der Waals surface area contributed by atoms with E-state index in [4.69, 9.17) is 0 Å². The first-order valence-corrected chi connectivity index (χ1v) is 5.91. The predicted molar refractivity (Wildman–Crippen MR) is 68.3 cm³/mol. The number of nitrogens with zero attached hydrogens (tertiary/aromatic N) is 2. The summed E-state index contributed by atoms with van der Waals surface area (Å²) in [7, 11) is 3.88. The van der Waals surface area contributed by atoms with Gasteiger partial charge in [0.05, 0.1) is 12.2 Å². The zero-order valence-corrected chi connectivity index (χ0v) is 10.9. The molecule has 84 valence electrons. The van der Waals surface area contributed by atoms with Gasteiger partial charge in [0.1, 0.15) is 0 Å². The third-order valence-corrected chi connectivity index (χ3v) is 3.02. The number of halogens is 1. The largest absolute Gasteiger partial charge is 0.309 e. The Morgan fingerprint density at radius 1 is 1.38 bits per heavy atom. The maximum atomic E-state index is 4.20. The first-order chi connectivity index (χ1) is 7.70. The minimum atomic E-state index is 0.186. The minimum Gasteiger partial charge on any atom is -0.309 e. The lowest BCUT2D eigenvalue weighted by molar-refractivity contribution is 0.689. The van der Waals surface area contributed by atoms with E-state index in [-0.39, 0.29) is 6.04 Å². The Bertz CT molecular complexity index is 479. The van der Waals surface area contributed by atoms with Gasteiger partial charge >= 0.3 is 0 Å². The monoisotopic (exact) mass is 279 g/mol. The first-order valence-electron chi connectivity index (χ1n) is 5.12. The third-order valence-electron chi connectivity index (χ3n) is 2.53. The minimum absolute atomic E-state index is 0.186. The summed E-state index contributed by atoms with van der Waals surface area (Å²) in [5, 5.41) is 7.50. The second kappa shape index (κ2) is 4.80. The van der Waals surface area contributed by atoms with E-state index in [2.05, 4.69) is 38.5 Å². The molecule has 1 aromatic heterocycles. The van der Waals surface area contributed by atoms with Gasteiger partial charge in [-0.25, -0.2) is 0 Å². The second-order valence-electron chi connectivity index (χ2n) is 3.72.